The molecular weight excluding hydrogens is 456 g/mol. The summed E-state index contributed by atoms with van der Waals surface area (Å²) in [7, 11) is 0. The lowest BCUT2D eigenvalue weighted by atomic mass is 10.1. The molecule has 3 heterocycles. The van der Waals surface area contributed by atoms with Gasteiger partial charge in [-0.15, -0.1) is 0 Å². The zero-order valence-corrected chi connectivity index (χ0v) is 20.7. The number of fused-ring (bicyclic) bond motifs is 1. The average Bonchev–Trinajstić information content (AvgIpc) is 3.47. The van der Waals surface area contributed by atoms with Crippen molar-refractivity contribution in [3.8, 4) is 11.5 Å². The van der Waals surface area contributed by atoms with Gasteiger partial charge in [-0.2, -0.15) is 5.10 Å². The normalized spacial score (nSPS) is 16.8. The standard InChI is InChI=1S/C24H28N4O5S/c1-14(2)17-12-16(26-28(17)24(3,4)5)21(29)25-8-9-27-22(30)20(34-23(27)31)11-15-6-7-18-19(10-15)33-13-32-18/h6-7,10-12,14H,8-9,13H2,1-5H3,(H,25,29)/b20-11-. The minimum absolute atomic E-state index is 0.0753. The monoisotopic (exact) mass is 484 g/mol. The van der Waals surface area contributed by atoms with Gasteiger partial charge in [0.2, 0.25) is 6.79 Å². The maximum absolute atomic E-state index is 12.8. The van der Waals surface area contributed by atoms with Gasteiger partial charge in [0.1, 0.15) is 5.69 Å². The van der Waals surface area contributed by atoms with Crippen molar-refractivity contribution in [1.29, 1.82) is 0 Å². The van der Waals surface area contributed by atoms with Gasteiger partial charge in [-0.3, -0.25) is 24.0 Å². The Kier molecular flexibility index (Phi) is 6.44. The van der Waals surface area contributed by atoms with Crippen LogP contribution in [0.15, 0.2) is 29.2 Å². The number of ether oxygens (including phenoxy) is 2. The van der Waals surface area contributed by atoms with E-state index in [1.807, 2.05) is 25.5 Å². The first kappa shape index (κ1) is 23.9. The molecule has 0 radical (unpaired) electrons. The topological polar surface area (TPSA) is 103 Å². The number of nitrogens with zero attached hydrogens (tertiary/aromatic N) is 3. The van der Waals surface area contributed by atoms with Crippen molar-refractivity contribution in [1.82, 2.24) is 20.0 Å². The maximum atomic E-state index is 12.8. The molecule has 1 fully saturated rings. The van der Waals surface area contributed by atoms with Crippen molar-refractivity contribution in [2.75, 3.05) is 19.9 Å². The Labute approximate surface area is 202 Å². The molecule has 1 aromatic carbocycles. The second kappa shape index (κ2) is 9.17. The number of aromatic nitrogens is 2. The van der Waals surface area contributed by atoms with Gasteiger partial charge in [0.15, 0.2) is 11.5 Å². The first-order valence-electron chi connectivity index (χ1n) is 11.1. The summed E-state index contributed by atoms with van der Waals surface area (Å²) in [6.07, 6.45) is 1.65. The molecule has 9 nitrogen and oxygen atoms in total. The lowest BCUT2D eigenvalue weighted by Gasteiger charge is -2.23. The van der Waals surface area contributed by atoms with Gasteiger partial charge >= 0.3 is 0 Å². The molecule has 1 saturated heterocycles. The van der Waals surface area contributed by atoms with Gasteiger partial charge in [-0.25, -0.2) is 0 Å². The summed E-state index contributed by atoms with van der Waals surface area (Å²) in [6, 6.07) is 7.11. The Balaban J connectivity index is 1.38. The number of thioether (sulfide) groups is 1. The number of hydrogen-bond donors (Lipinski definition) is 1. The number of benzene rings is 1. The van der Waals surface area contributed by atoms with E-state index in [0.717, 1.165) is 27.9 Å². The molecule has 2 aromatic rings. The third-order valence-electron chi connectivity index (χ3n) is 5.39. The first-order valence-corrected chi connectivity index (χ1v) is 11.9. The summed E-state index contributed by atoms with van der Waals surface area (Å²) in [6.45, 7) is 10.6. The predicted molar refractivity (Wildman–Crippen MR) is 129 cm³/mol. The molecule has 0 saturated carbocycles. The molecule has 3 amide bonds. The fourth-order valence-corrected chi connectivity index (χ4v) is 4.54. The third-order valence-corrected chi connectivity index (χ3v) is 6.29. The zero-order valence-electron chi connectivity index (χ0n) is 19.9. The quantitative estimate of drug-likeness (QED) is 0.619. The predicted octanol–water partition coefficient (Wildman–Crippen LogP) is 3.96. The fraction of sp³-hybridized carbons (Fsp3) is 0.417. The first-order chi connectivity index (χ1) is 16.0. The number of amides is 3. The second-order valence-corrected chi connectivity index (χ2v) is 10.4. The van der Waals surface area contributed by atoms with E-state index in [-0.39, 0.29) is 48.4 Å². The number of carbonyl (C=O) groups is 3. The molecule has 0 bridgehead atoms. The SMILES string of the molecule is CC(C)c1cc(C(=O)NCCN2C(=O)S/C(=C\c3ccc4c(c3)OCO4)C2=O)nn1C(C)(C)C. The molecular formula is C24H28N4O5S. The molecule has 0 atom stereocenters. The number of imide groups is 1. The number of nitrogens with one attached hydrogen (secondary N) is 1. The highest BCUT2D eigenvalue weighted by molar-refractivity contribution is 8.18. The van der Waals surface area contributed by atoms with Crippen LogP contribution in [0.1, 0.15) is 62.3 Å². The van der Waals surface area contributed by atoms with E-state index in [1.54, 1.807) is 30.3 Å². The molecule has 2 aliphatic heterocycles. The van der Waals surface area contributed by atoms with E-state index >= 15 is 0 Å². The van der Waals surface area contributed by atoms with E-state index in [4.69, 9.17) is 9.47 Å². The van der Waals surface area contributed by atoms with Crippen molar-refractivity contribution in [2.24, 2.45) is 0 Å². The van der Waals surface area contributed by atoms with Crippen molar-refractivity contribution in [3.63, 3.8) is 0 Å². The number of carbonyl (C=O) groups excluding carboxylic acids is 3. The Hall–Kier alpha value is -3.27. The largest absolute Gasteiger partial charge is 0.454 e. The zero-order chi connectivity index (χ0) is 24.6. The number of hydrogen-bond acceptors (Lipinski definition) is 7. The molecule has 1 aromatic heterocycles. The minimum atomic E-state index is -0.388. The van der Waals surface area contributed by atoms with E-state index in [9.17, 15) is 14.4 Å². The highest BCUT2D eigenvalue weighted by Crippen LogP contribution is 2.36. The van der Waals surface area contributed by atoms with Crippen LogP contribution in [-0.2, 0) is 10.3 Å². The third kappa shape index (κ3) is 4.82. The smallest absolute Gasteiger partial charge is 0.293 e. The molecule has 0 aliphatic carbocycles. The van der Waals surface area contributed by atoms with Crippen LogP contribution < -0.4 is 14.8 Å². The van der Waals surface area contributed by atoms with Crippen LogP contribution >= 0.6 is 11.8 Å². The Morgan fingerprint density at radius 3 is 2.62 bits per heavy atom. The lowest BCUT2D eigenvalue weighted by molar-refractivity contribution is -0.122. The van der Waals surface area contributed by atoms with Crippen LogP contribution in [0, 0.1) is 0 Å². The highest BCUT2D eigenvalue weighted by Gasteiger charge is 2.35. The van der Waals surface area contributed by atoms with Gasteiger partial charge < -0.3 is 14.8 Å². The Morgan fingerprint density at radius 2 is 1.94 bits per heavy atom. The molecule has 180 valence electrons. The van der Waals surface area contributed by atoms with Crippen LogP contribution in [0.5, 0.6) is 11.5 Å². The fourth-order valence-electron chi connectivity index (χ4n) is 3.67. The van der Waals surface area contributed by atoms with Gasteiger partial charge in [-0.05, 0) is 68.3 Å². The van der Waals surface area contributed by atoms with Crippen molar-refractivity contribution in [2.45, 2.75) is 46.1 Å². The van der Waals surface area contributed by atoms with Gasteiger partial charge in [0, 0.05) is 18.8 Å². The molecule has 10 heteroatoms. The summed E-state index contributed by atoms with van der Waals surface area (Å²) in [5.41, 5.74) is 1.76. The van der Waals surface area contributed by atoms with Crippen molar-refractivity contribution in [3.05, 3.63) is 46.1 Å². The van der Waals surface area contributed by atoms with Crippen molar-refractivity contribution < 1.29 is 23.9 Å². The van der Waals surface area contributed by atoms with Crippen LogP contribution in [-0.4, -0.2) is 51.6 Å². The van der Waals surface area contributed by atoms with E-state index in [0.29, 0.717) is 22.1 Å². The molecule has 0 spiro atoms. The summed E-state index contributed by atoms with van der Waals surface area (Å²) in [5.74, 6) is 0.730. The molecule has 4 rings (SSSR count). The number of rotatable bonds is 6. The molecule has 34 heavy (non-hydrogen) atoms. The summed E-state index contributed by atoms with van der Waals surface area (Å²) >= 11 is 0.874. The molecule has 0 unspecified atom stereocenters. The molecule has 2 aliphatic rings. The second-order valence-electron chi connectivity index (χ2n) is 9.39. The van der Waals surface area contributed by atoms with Gasteiger partial charge in [0.25, 0.3) is 17.1 Å². The molecule has 1 N–H and O–H groups in total. The van der Waals surface area contributed by atoms with Crippen molar-refractivity contribution >= 4 is 34.9 Å². The average molecular weight is 485 g/mol. The van der Waals surface area contributed by atoms with E-state index < -0.39 is 0 Å². The minimum Gasteiger partial charge on any atom is -0.454 e. The van der Waals surface area contributed by atoms with Crippen LogP contribution in [0.2, 0.25) is 0 Å². The van der Waals surface area contributed by atoms with Crippen LogP contribution in [0.3, 0.4) is 0 Å². The maximum Gasteiger partial charge on any atom is 0.293 e. The van der Waals surface area contributed by atoms with Crippen LogP contribution in [0.25, 0.3) is 6.08 Å². The highest BCUT2D eigenvalue weighted by atomic mass is 32.2. The summed E-state index contributed by atoms with van der Waals surface area (Å²) in [5, 5.41) is 6.89. The van der Waals surface area contributed by atoms with E-state index in [2.05, 4.69) is 24.3 Å². The van der Waals surface area contributed by atoms with Crippen LogP contribution in [0.4, 0.5) is 4.79 Å². The lowest BCUT2D eigenvalue weighted by Crippen LogP contribution is -2.37. The summed E-state index contributed by atoms with van der Waals surface area (Å²) < 4.78 is 12.5. The van der Waals surface area contributed by atoms with E-state index in [1.165, 1.54) is 0 Å². The Bertz CT molecular complexity index is 1180. The van der Waals surface area contributed by atoms with Gasteiger partial charge in [0.05, 0.1) is 10.4 Å². The van der Waals surface area contributed by atoms with Gasteiger partial charge in [-0.1, -0.05) is 19.9 Å². The summed E-state index contributed by atoms with van der Waals surface area (Å²) in [4.78, 5) is 39.3. The Morgan fingerprint density at radius 1 is 1.21 bits per heavy atom.